The number of aryl methyl sites for hydroxylation is 2. The third kappa shape index (κ3) is 6.10. The van der Waals surface area contributed by atoms with Crippen LogP contribution in [0.3, 0.4) is 0 Å². The van der Waals surface area contributed by atoms with Gasteiger partial charge >= 0.3 is 0 Å². The van der Waals surface area contributed by atoms with Crippen molar-refractivity contribution in [2.45, 2.75) is 24.8 Å². The summed E-state index contributed by atoms with van der Waals surface area (Å²) < 4.78 is 27.2. The number of carbonyl (C=O) groups is 1. The minimum atomic E-state index is -3.29. The number of imidazole rings is 1. The van der Waals surface area contributed by atoms with Crippen LogP contribution in [0, 0.1) is 6.92 Å². The number of nitrogens with zero attached hydrogens (tertiary/aromatic N) is 5. The summed E-state index contributed by atoms with van der Waals surface area (Å²) in [7, 11) is -3.29. The molecule has 0 aliphatic carbocycles. The number of rotatable bonds is 9. The molecule has 1 N–H and O–H groups in total. The maximum Gasteiger partial charge on any atom is 0.244 e. The predicted molar refractivity (Wildman–Crippen MR) is 134 cm³/mol. The van der Waals surface area contributed by atoms with E-state index >= 15 is 0 Å². The van der Waals surface area contributed by atoms with Gasteiger partial charge in [0, 0.05) is 67.5 Å². The van der Waals surface area contributed by atoms with Crippen molar-refractivity contribution in [1.82, 2.24) is 29.6 Å². The van der Waals surface area contributed by atoms with Crippen molar-refractivity contribution in [2.75, 3.05) is 12.8 Å². The number of hydrogen-bond donors (Lipinski definition) is 1. The summed E-state index contributed by atoms with van der Waals surface area (Å²) in [6.07, 6.45) is 14.0. The zero-order chi connectivity index (χ0) is 24.8. The van der Waals surface area contributed by atoms with Gasteiger partial charge in [-0.2, -0.15) is 5.10 Å². The van der Waals surface area contributed by atoms with Gasteiger partial charge in [0.1, 0.15) is 11.5 Å². The van der Waals surface area contributed by atoms with Crippen LogP contribution in [0.25, 0.3) is 23.0 Å². The van der Waals surface area contributed by atoms with Crippen molar-refractivity contribution < 1.29 is 13.2 Å². The second-order valence-corrected chi connectivity index (χ2v) is 10.0. The Morgan fingerprint density at radius 1 is 1.09 bits per heavy atom. The molecule has 0 aliphatic heterocycles. The minimum absolute atomic E-state index is 0.196. The summed E-state index contributed by atoms with van der Waals surface area (Å²) in [6, 6.07) is 10.2. The Morgan fingerprint density at radius 2 is 1.83 bits per heavy atom. The third-order valence-electron chi connectivity index (χ3n) is 5.44. The normalized spacial score (nSPS) is 11.7. The first-order valence-electron chi connectivity index (χ1n) is 11.1. The Labute approximate surface area is 204 Å². The lowest BCUT2D eigenvalue weighted by atomic mass is 10.1. The first-order chi connectivity index (χ1) is 16.8. The van der Waals surface area contributed by atoms with Crippen LogP contribution in [-0.2, 0) is 21.2 Å². The highest BCUT2D eigenvalue weighted by Crippen LogP contribution is 2.25. The van der Waals surface area contributed by atoms with Gasteiger partial charge in [-0.05, 0) is 55.8 Å². The van der Waals surface area contributed by atoms with Crippen molar-refractivity contribution in [3.05, 3.63) is 84.8 Å². The first-order valence-corrected chi connectivity index (χ1v) is 12.9. The van der Waals surface area contributed by atoms with E-state index in [0.29, 0.717) is 17.9 Å². The van der Waals surface area contributed by atoms with Crippen LogP contribution in [0.4, 0.5) is 0 Å². The van der Waals surface area contributed by atoms with E-state index < -0.39 is 9.84 Å². The van der Waals surface area contributed by atoms with E-state index in [1.807, 2.05) is 29.8 Å². The number of amides is 1. The highest BCUT2D eigenvalue weighted by Gasteiger charge is 2.12. The molecule has 0 saturated carbocycles. The van der Waals surface area contributed by atoms with Crippen molar-refractivity contribution in [1.29, 1.82) is 0 Å². The fourth-order valence-electron chi connectivity index (χ4n) is 3.55. The summed E-state index contributed by atoms with van der Waals surface area (Å²) >= 11 is 0. The van der Waals surface area contributed by atoms with Gasteiger partial charge in [0.25, 0.3) is 0 Å². The van der Waals surface area contributed by atoms with Crippen LogP contribution >= 0.6 is 0 Å². The monoisotopic (exact) mass is 490 g/mol. The van der Waals surface area contributed by atoms with Gasteiger partial charge < -0.3 is 9.88 Å². The molecule has 0 fully saturated rings. The van der Waals surface area contributed by atoms with Crippen molar-refractivity contribution in [3.8, 4) is 16.9 Å². The summed E-state index contributed by atoms with van der Waals surface area (Å²) in [5.41, 5.74) is 2.97. The molecule has 180 valence electrons. The molecule has 10 heteroatoms. The van der Waals surface area contributed by atoms with E-state index in [-0.39, 0.29) is 10.8 Å². The SMILES string of the molecule is Cc1nccn1CCCNC(=O)/C=C/c1cn(-c2ccc(S(C)(=O)=O)cc2)nc1-c1ccncc1. The molecule has 0 atom stereocenters. The molecule has 1 aromatic carbocycles. The van der Waals surface area contributed by atoms with Gasteiger partial charge in [0.05, 0.1) is 10.6 Å². The number of pyridine rings is 1. The summed E-state index contributed by atoms with van der Waals surface area (Å²) in [6.45, 7) is 3.28. The molecule has 0 saturated heterocycles. The maximum absolute atomic E-state index is 12.4. The Bertz CT molecular complexity index is 1440. The average Bonchev–Trinajstić information content (AvgIpc) is 3.47. The molecule has 9 nitrogen and oxygen atoms in total. The molecule has 0 aliphatic rings. The second-order valence-electron chi connectivity index (χ2n) is 8.03. The van der Waals surface area contributed by atoms with Gasteiger partial charge in [-0.3, -0.25) is 9.78 Å². The van der Waals surface area contributed by atoms with Gasteiger partial charge in [0.2, 0.25) is 5.91 Å². The third-order valence-corrected chi connectivity index (χ3v) is 6.57. The van der Waals surface area contributed by atoms with Gasteiger partial charge in [-0.1, -0.05) is 0 Å². The van der Waals surface area contributed by atoms with Crippen molar-refractivity contribution in [2.24, 2.45) is 0 Å². The highest BCUT2D eigenvalue weighted by molar-refractivity contribution is 7.90. The van der Waals surface area contributed by atoms with Crippen molar-refractivity contribution >= 4 is 21.8 Å². The van der Waals surface area contributed by atoms with E-state index in [2.05, 4.69) is 20.4 Å². The molecule has 0 unspecified atom stereocenters. The van der Waals surface area contributed by atoms with Crippen LogP contribution in [0.2, 0.25) is 0 Å². The molecule has 1 amide bonds. The number of nitrogens with one attached hydrogen (secondary N) is 1. The Balaban J connectivity index is 1.49. The molecule has 4 aromatic rings. The fourth-order valence-corrected chi connectivity index (χ4v) is 4.18. The second kappa shape index (κ2) is 10.5. The van der Waals surface area contributed by atoms with E-state index in [1.165, 1.54) is 12.3 Å². The largest absolute Gasteiger partial charge is 0.352 e. The minimum Gasteiger partial charge on any atom is -0.352 e. The maximum atomic E-state index is 12.4. The molecule has 4 rings (SSSR count). The predicted octanol–water partition coefficient (Wildman–Crippen LogP) is 3.06. The van der Waals surface area contributed by atoms with E-state index in [0.717, 1.165) is 29.9 Å². The number of carbonyl (C=O) groups excluding carboxylic acids is 1. The number of benzene rings is 1. The van der Waals surface area contributed by atoms with Crippen molar-refractivity contribution in [3.63, 3.8) is 0 Å². The smallest absolute Gasteiger partial charge is 0.244 e. The molecular weight excluding hydrogens is 464 g/mol. The van der Waals surface area contributed by atoms with E-state index in [1.54, 1.807) is 59.8 Å². The highest BCUT2D eigenvalue weighted by atomic mass is 32.2. The topological polar surface area (TPSA) is 112 Å². The molecule has 35 heavy (non-hydrogen) atoms. The molecule has 3 heterocycles. The lowest BCUT2D eigenvalue weighted by Crippen LogP contribution is -2.23. The zero-order valence-electron chi connectivity index (χ0n) is 19.5. The molecular formula is C25H26N6O3S. The van der Waals surface area contributed by atoms with Gasteiger partial charge in [0.15, 0.2) is 9.84 Å². The van der Waals surface area contributed by atoms with Crippen LogP contribution < -0.4 is 5.32 Å². The van der Waals surface area contributed by atoms with Crippen LogP contribution in [-0.4, -0.2) is 51.4 Å². The summed E-state index contributed by atoms with van der Waals surface area (Å²) in [5, 5.41) is 7.58. The van der Waals surface area contributed by atoms with Crippen LogP contribution in [0.5, 0.6) is 0 Å². The van der Waals surface area contributed by atoms with E-state index in [4.69, 9.17) is 0 Å². The first kappa shape index (κ1) is 24.1. The molecule has 0 radical (unpaired) electrons. The van der Waals surface area contributed by atoms with Crippen LogP contribution in [0.1, 0.15) is 17.8 Å². The number of sulfone groups is 1. The molecule has 0 bridgehead atoms. The average molecular weight is 491 g/mol. The van der Waals surface area contributed by atoms with E-state index in [9.17, 15) is 13.2 Å². The molecule has 3 aromatic heterocycles. The van der Waals surface area contributed by atoms with Gasteiger partial charge in [-0.25, -0.2) is 18.1 Å². The summed E-state index contributed by atoms with van der Waals surface area (Å²) in [5.74, 6) is 0.751. The number of aromatic nitrogens is 5. The Kier molecular flexibility index (Phi) is 7.21. The lowest BCUT2D eigenvalue weighted by molar-refractivity contribution is -0.116. The quantitative estimate of drug-likeness (QED) is 0.285. The van der Waals surface area contributed by atoms with Gasteiger partial charge in [-0.15, -0.1) is 0 Å². The number of hydrogen-bond acceptors (Lipinski definition) is 6. The Morgan fingerprint density at radius 3 is 2.49 bits per heavy atom. The fraction of sp³-hybridized carbons (Fsp3) is 0.200. The summed E-state index contributed by atoms with van der Waals surface area (Å²) in [4.78, 5) is 20.9. The zero-order valence-corrected chi connectivity index (χ0v) is 20.3. The van der Waals surface area contributed by atoms with Crippen LogP contribution in [0.15, 0.2) is 78.4 Å². The molecule has 0 spiro atoms. The standard InChI is InChI=1S/C25H26N6O3S/c1-19-27-15-17-30(19)16-3-12-28-24(32)9-4-21-18-31(29-25(21)20-10-13-26-14-11-20)22-5-7-23(8-6-22)35(2,33)34/h4-11,13-15,17-18H,3,12,16H2,1-2H3,(H,28,32)/b9-4+. The Hall–Kier alpha value is -4.05. The lowest BCUT2D eigenvalue weighted by Gasteiger charge is -2.05.